The van der Waals surface area contributed by atoms with E-state index in [1.165, 1.54) is 10.6 Å². The lowest BCUT2D eigenvalue weighted by Crippen LogP contribution is -2.41. The highest BCUT2D eigenvalue weighted by atomic mass is 32.2. The summed E-state index contributed by atoms with van der Waals surface area (Å²) in [6.07, 6.45) is 2.77. The fourth-order valence-corrected chi connectivity index (χ4v) is 3.20. The van der Waals surface area contributed by atoms with Gasteiger partial charge in [0.05, 0.1) is 6.26 Å². The highest BCUT2D eigenvalue weighted by Crippen LogP contribution is 2.18. The van der Waals surface area contributed by atoms with Gasteiger partial charge in [-0.2, -0.15) is 0 Å². The molecule has 1 aromatic rings. The van der Waals surface area contributed by atoms with E-state index in [1.807, 2.05) is 0 Å². The van der Waals surface area contributed by atoms with Gasteiger partial charge in [-0.15, -0.1) is 0 Å². The van der Waals surface area contributed by atoms with Crippen molar-refractivity contribution in [3.05, 3.63) is 23.7 Å². The Morgan fingerprint density at radius 3 is 2.55 bits per heavy atom. The van der Waals surface area contributed by atoms with Gasteiger partial charge in [-0.3, -0.25) is 4.79 Å². The normalized spacial score (nSPS) is 18.1. The molecule has 2 rings (SSSR count). The minimum atomic E-state index is -3.09. The lowest BCUT2D eigenvalue weighted by molar-refractivity contribution is 0.0912. The Morgan fingerprint density at radius 2 is 2.05 bits per heavy atom. The topological polar surface area (TPSA) is 79.6 Å². The van der Waals surface area contributed by atoms with Crippen LogP contribution in [0.15, 0.2) is 16.5 Å². The molecule has 1 fully saturated rings. The standard InChI is InChI=1S/C13H20N2O4S/c1-10-3-4-12(19-10)13(16)14-9-11-5-7-15(8-6-11)20(2,17)18/h3-4,11H,5-9H2,1-2H3,(H,14,16). The van der Waals surface area contributed by atoms with Gasteiger partial charge in [0.1, 0.15) is 5.76 Å². The quantitative estimate of drug-likeness (QED) is 0.899. The van der Waals surface area contributed by atoms with Crippen molar-refractivity contribution >= 4 is 15.9 Å². The molecule has 1 aliphatic heterocycles. The van der Waals surface area contributed by atoms with E-state index in [-0.39, 0.29) is 5.91 Å². The molecule has 2 heterocycles. The Kier molecular flexibility index (Phi) is 4.49. The van der Waals surface area contributed by atoms with Gasteiger partial charge in [0.15, 0.2) is 5.76 Å². The average molecular weight is 300 g/mol. The number of nitrogens with zero attached hydrogens (tertiary/aromatic N) is 1. The highest BCUT2D eigenvalue weighted by molar-refractivity contribution is 7.88. The third-order valence-corrected chi connectivity index (χ3v) is 4.86. The number of hydrogen-bond donors (Lipinski definition) is 1. The van der Waals surface area contributed by atoms with Crippen LogP contribution in [0.3, 0.4) is 0 Å². The summed E-state index contributed by atoms with van der Waals surface area (Å²) in [5.74, 6) is 1.12. The highest BCUT2D eigenvalue weighted by Gasteiger charge is 2.25. The predicted octanol–water partition coefficient (Wildman–Crippen LogP) is 0.989. The van der Waals surface area contributed by atoms with Crippen molar-refractivity contribution in [3.8, 4) is 0 Å². The van der Waals surface area contributed by atoms with E-state index in [9.17, 15) is 13.2 Å². The number of furan rings is 1. The summed E-state index contributed by atoms with van der Waals surface area (Å²) in [5, 5.41) is 2.83. The zero-order valence-electron chi connectivity index (χ0n) is 11.8. The molecular formula is C13H20N2O4S. The maximum Gasteiger partial charge on any atom is 0.287 e. The fraction of sp³-hybridized carbons (Fsp3) is 0.615. The van der Waals surface area contributed by atoms with Crippen LogP contribution >= 0.6 is 0 Å². The van der Waals surface area contributed by atoms with Crippen LogP contribution in [0, 0.1) is 12.8 Å². The van der Waals surface area contributed by atoms with Gasteiger partial charge < -0.3 is 9.73 Å². The molecule has 1 N–H and O–H groups in total. The average Bonchev–Trinajstić information content (AvgIpc) is 2.82. The van der Waals surface area contributed by atoms with Gasteiger partial charge in [0, 0.05) is 19.6 Å². The molecule has 1 aromatic heterocycles. The molecule has 1 amide bonds. The molecule has 0 atom stereocenters. The zero-order valence-corrected chi connectivity index (χ0v) is 12.6. The largest absolute Gasteiger partial charge is 0.456 e. The van der Waals surface area contributed by atoms with Crippen LogP contribution in [0.25, 0.3) is 0 Å². The van der Waals surface area contributed by atoms with Crippen molar-refractivity contribution in [2.24, 2.45) is 5.92 Å². The summed E-state index contributed by atoms with van der Waals surface area (Å²) in [6.45, 7) is 3.40. The van der Waals surface area contributed by atoms with Gasteiger partial charge >= 0.3 is 0 Å². The monoisotopic (exact) mass is 300 g/mol. The van der Waals surface area contributed by atoms with Crippen molar-refractivity contribution in [2.75, 3.05) is 25.9 Å². The van der Waals surface area contributed by atoms with Crippen LogP contribution in [0.5, 0.6) is 0 Å². The molecule has 20 heavy (non-hydrogen) atoms. The molecule has 0 radical (unpaired) electrons. The number of carbonyl (C=O) groups is 1. The van der Waals surface area contributed by atoms with E-state index in [0.717, 1.165) is 12.8 Å². The van der Waals surface area contributed by atoms with Crippen molar-refractivity contribution in [1.29, 1.82) is 0 Å². The molecule has 1 aliphatic rings. The van der Waals surface area contributed by atoms with Crippen LogP contribution in [-0.4, -0.2) is 44.5 Å². The molecular weight excluding hydrogens is 280 g/mol. The molecule has 0 aromatic carbocycles. The van der Waals surface area contributed by atoms with E-state index < -0.39 is 10.0 Å². The molecule has 0 unspecified atom stereocenters. The Morgan fingerprint density at radius 1 is 1.40 bits per heavy atom. The van der Waals surface area contributed by atoms with Crippen molar-refractivity contribution < 1.29 is 17.6 Å². The molecule has 0 bridgehead atoms. The molecule has 0 spiro atoms. The number of nitrogens with one attached hydrogen (secondary N) is 1. The number of amides is 1. The Hall–Kier alpha value is -1.34. The summed E-state index contributed by atoms with van der Waals surface area (Å²) < 4.78 is 29.5. The third-order valence-electron chi connectivity index (χ3n) is 3.56. The third kappa shape index (κ3) is 3.83. The predicted molar refractivity (Wildman–Crippen MR) is 74.9 cm³/mol. The van der Waals surface area contributed by atoms with Gasteiger partial charge in [0.25, 0.3) is 5.91 Å². The fourth-order valence-electron chi connectivity index (χ4n) is 2.33. The Bertz CT molecular complexity index is 571. The first-order valence-corrected chi connectivity index (χ1v) is 8.51. The van der Waals surface area contributed by atoms with Crippen LogP contribution in [-0.2, 0) is 10.0 Å². The van der Waals surface area contributed by atoms with Gasteiger partial charge in [-0.25, -0.2) is 12.7 Å². The first-order chi connectivity index (χ1) is 9.36. The lowest BCUT2D eigenvalue weighted by atomic mass is 9.98. The van der Waals surface area contributed by atoms with E-state index in [2.05, 4.69) is 5.32 Å². The van der Waals surface area contributed by atoms with Crippen molar-refractivity contribution in [1.82, 2.24) is 9.62 Å². The Balaban J connectivity index is 1.78. The molecule has 7 heteroatoms. The number of carbonyl (C=O) groups excluding carboxylic acids is 1. The number of sulfonamides is 1. The zero-order chi connectivity index (χ0) is 14.8. The smallest absolute Gasteiger partial charge is 0.287 e. The number of piperidine rings is 1. The second kappa shape index (κ2) is 5.97. The number of aryl methyl sites for hydroxylation is 1. The van der Waals surface area contributed by atoms with Crippen molar-refractivity contribution in [2.45, 2.75) is 19.8 Å². The van der Waals surface area contributed by atoms with Gasteiger partial charge in [0.2, 0.25) is 10.0 Å². The van der Waals surface area contributed by atoms with E-state index in [4.69, 9.17) is 4.42 Å². The molecule has 1 saturated heterocycles. The molecule has 112 valence electrons. The molecule has 6 nitrogen and oxygen atoms in total. The number of hydrogen-bond acceptors (Lipinski definition) is 4. The number of rotatable bonds is 4. The maximum atomic E-state index is 11.8. The second-order valence-corrected chi connectivity index (χ2v) is 7.21. The van der Waals surface area contributed by atoms with Crippen LogP contribution in [0.2, 0.25) is 0 Å². The first-order valence-electron chi connectivity index (χ1n) is 6.66. The molecule has 0 aliphatic carbocycles. The van der Waals surface area contributed by atoms with Crippen LogP contribution < -0.4 is 5.32 Å². The summed E-state index contributed by atoms with van der Waals surface area (Å²) in [6, 6.07) is 3.40. The minimum absolute atomic E-state index is 0.219. The first kappa shape index (κ1) is 15.1. The second-order valence-electron chi connectivity index (χ2n) is 5.23. The van der Waals surface area contributed by atoms with E-state index >= 15 is 0 Å². The van der Waals surface area contributed by atoms with Crippen LogP contribution in [0.1, 0.15) is 29.2 Å². The van der Waals surface area contributed by atoms with Gasteiger partial charge in [-0.1, -0.05) is 0 Å². The maximum absolute atomic E-state index is 11.8. The summed E-state index contributed by atoms with van der Waals surface area (Å²) in [7, 11) is -3.09. The Labute approximate surface area is 119 Å². The SMILES string of the molecule is Cc1ccc(C(=O)NCC2CCN(S(C)(=O)=O)CC2)o1. The van der Waals surface area contributed by atoms with E-state index in [1.54, 1.807) is 19.1 Å². The summed E-state index contributed by atoms with van der Waals surface area (Å²) in [4.78, 5) is 11.8. The lowest BCUT2D eigenvalue weighted by Gasteiger charge is -2.30. The van der Waals surface area contributed by atoms with Crippen LogP contribution in [0.4, 0.5) is 0 Å². The summed E-state index contributed by atoms with van der Waals surface area (Å²) >= 11 is 0. The van der Waals surface area contributed by atoms with Crippen molar-refractivity contribution in [3.63, 3.8) is 0 Å². The minimum Gasteiger partial charge on any atom is -0.456 e. The molecule has 0 saturated carbocycles. The summed E-state index contributed by atoms with van der Waals surface area (Å²) in [5.41, 5.74) is 0. The van der Waals surface area contributed by atoms with E-state index in [0.29, 0.717) is 37.1 Å². The van der Waals surface area contributed by atoms with Gasteiger partial charge in [-0.05, 0) is 37.8 Å².